The summed E-state index contributed by atoms with van der Waals surface area (Å²) in [6.07, 6.45) is 0. The first-order valence-electron chi connectivity index (χ1n) is 9.90. The molecule has 0 saturated carbocycles. The number of nitrogens with zero attached hydrogens (tertiary/aromatic N) is 1. The van der Waals surface area contributed by atoms with Gasteiger partial charge in [0.15, 0.2) is 5.76 Å². The summed E-state index contributed by atoms with van der Waals surface area (Å²) >= 11 is 6.29. The molecule has 0 aliphatic rings. The number of amides is 1. The van der Waals surface area contributed by atoms with Crippen molar-refractivity contribution in [1.29, 1.82) is 0 Å². The van der Waals surface area contributed by atoms with Gasteiger partial charge in [0.1, 0.15) is 17.3 Å². The standard InChI is InChI=1S/C26H16ClFN2O2/c27-21-10-3-1-9-19(21)24-12-13-25(32-24)23-15-20(18-8-2-4-11-22(18)30-23)26(31)29-17-7-5-6-16(28)14-17/h1-15H,(H,29,31). The number of halogens is 2. The molecule has 156 valence electrons. The van der Waals surface area contributed by atoms with Crippen LogP contribution in [0.3, 0.4) is 0 Å². The first-order valence-corrected chi connectivity index (χ1v) is 10.3. The first kappa shape index (κ1) is 20.0. The van der Waals surface area contributed by atoms with E-state index in [0.29, 0.717) is 44.4 Å². The van der Waals surface area contributed by atoms with Crippen LogP contribution in [0.15, 0.2) is 95.4 Å². The van der Waals surface area contributed by atoms with E-state index in [-0.39, 0.29) is 5.91 Å². The van der Waals surface area contributed by atoms with E-state index in [4.69, 9.17) is 16.0 Å². The summed E-state index contributed by atoms with van der Waals surface area (Å²) in [6.45, 7) is 0. The highest BCUT2D eigenvalue weighted by atomic mass is 35.5. The fourth-order valence-electron chi connectivity index (χ4n) is 3.54. The lowest BCUT2D eigenvalue weighted by molar-refractivity contribution is 0.102. The Morgan fingerprint density at radius 3 is 2.50 bits per heavy atom. The van der Waals surface area contributed by atoms with Crippen molar-refractivity contribution in [3.8, 4) is 22.8 Å². The molecule has 1 N–H and O–H groups in total. The van der Waals surface area contributed by atoms with Gasteiger partial charge in [-0.15, -0.1) is 0 Å². The van der Waals surface area contributed by atoms with Crippen molar-refractivity contribution in [2.45, 2.75) is 0 Å². The second-order valence-electron chi connectivity index (χ2n) is 7.18. The third-order valence-corrected chi connectivity index (χ3v) is 5.37. The van der Waals surface area contributed by atoms with Crippen LogP contribution in [0.4, 0.5) is 10.1 Å². The zero-order valence-corrected chi connectivity index (χ0v) is 17.4. The average Bonchev–Trinajstić information content (AvgIpc) is 3.29. The van der Waals surface area contributed by atoms with E-state index >= 15 is 0 Å². The molecule has 0 aliphatic heterocycles. The number of para-hydroxylation sites is 1. The molecule has 32 heavy (non-hydrogen) atoms. The molecule has 5 aromatic rings. The van der Waals surface area contributed by atoms with Gasteiger partial charge in [0.05, 0.1) is 16.1 Å². The van der Waals surface area contributed by atoms with Gasteiger partial charge in [0.2, 0.25) is 0 Å². The monoisotopic (exact) mass is 442 g/mol. The van der Waals surface area contributed by atoms with Gasteiger partial charge >= 0.3 is 0 Å². The SMILES string of the molecule is O=C(Nc1cccc(F)c1)c1cc(-c2ccc(-c3ccccc3Cl)o2)nc2ccccc12. The van der Waals surface area contributed by atoms with E-state index in [1.807, 2.05) is 48.5 Å². The summed E-state index contributed by atoms with van der Waals surface area (Å²) in [4.78, 5) is 17.8. The molecule has 0 radical (unpaired) electrons. The van der Waals surface area contributed by atoms with Crippen molar-refractivity contribution >= 4 is 34.1 Å². The zero-order chi connectivity index (χ0) is 22.1. The summed E-state index contributed by atoms with van der Waals surface area (Å²) in [5.41, 5.74) is 2.70. The quantitative estimate of drug-likeness (QED) is 0.320. The lowest BCUT2D eigenvalue weighted by Crippen LogP contribution is -2.13. The molecule has 2 heterocycles. The van der Waals surface area contributed by atoms with Gasteiger partial charge in [-0.3, -0.25) is 4.79 Å². The molecule has 0 unspecified atom stereocenters. The average molecular weight is 443 g/mol. The normalized spacial score (nSPS) is 10.9. The molecular weight excluding hydrogens is 427 g/mol. The highest BCUT2D eigenvalue weighted by Crippen LogP contribution is 2.33. The maximum absolute atomic E-state index is 13.5. The van der Waals surface area contributed by atoms with E-state index in [0.717, 1.165) is 5.56 Å². The molecule has 1 amide bonds. The number of carbonyl (C=O) groups is 1. The predicted octanol–water partition coefficient (Wildman–Crippen LogP) is 7.21. The van der Waals surface area contributed by atoms with Crippen LogP contribution in [0.2, 0.25) is 5.02 Å². The van der Waals surface area contributed by atoms with Gasteiger partial charge in [0.25, 0.3) is 5.91 Å². The lowest BCUT2D eigenvalue weighted by Gasteiger charge is -2.10. The number of fused-ring (bicyclic) bond motifs is 1. The Hall–Kier alpha value is -3.96. The Morgan fingerprint density at radius 2 is 1.66 bits per heavy atom. The fraction of sp³-hybridized carbons (Fsp3) is 0. The van der Waals surface area contributed by atoms with E-state index in [9.17, 15) is 9.18 Å². The van der Waals surface area contributed by atoms with Crippen LogP contribution in [-0.2, 0) is 0 Å². The minimum atomic E-state index is -0.425. The molecule has 5 rings (SSSR count). The highest BCUT2D eigenvalue weighted by Gasteiger charge is 2.17. The van der Waals surface area contributed by atoms with Crippen LogP contribution in [0.25, 0.3) is 33.7 Å². The number of rotatable bonds is 4. The third-order valence-electron chi connectivity index (χ3n) is 5.04. The Bertz CT molecular complexity index is 1460. The predicted molar refractivity (Wildman–Crippen MR) is 124 cm³/mol. The van der Waals surface area contributed by atoms with Crippen molar-refractivity contribution in [2.24, 2.45) is 0 Å². The van der Waals surface area contributed by atoms with E-state index in [2.05, 4.69) is 10.3 Å². The first-order chi connectivity index (χ1) is 15.6. The molecule has 0 saturated heterocycles. The van der Waals surface area contributed by atoms with Crippen LogP contribution >= 0.6 is 11.6 Å². The zero-order valence-electron chi connectivity index (χ0n) is 16.7. The number of furan rings is 1. The van der Waals surface area contributed by atoms with Crippen molar-refractivity contribution in [2.75, 3.05) is 5.32 Å². The van der Waals surface area contributed by atoms with Gasteiger partial charge in [-0.2, -0.15) is 0 Å². The molecule has 0 fully saturated rings. The minimum absolute atomic E-state index is 0.367. The molecule has 3 aromatic carbocycles. The van der Waals surface area contributed by atoms with Gasteiger partial charge in [0, 0.05) is 16.6 Å². The third kappa shape index (κ3) is 3.86. The largest absolute Gasteiger partial charge is 0.454 e. The maximum atomic E-state index is 13.5. The Balaban J connectivity index is 1.57. The van der Waals surface area contributed by atoms with Crippen LogP contribution in [0.1, 0.15) is 10.4 Å². The number of pyridine rings is 1. The van der Waals surface area contributed by atoms with Crippen molar-refractivity contribution < 1.29 is 13.6 Å². The van der Waals surface area contributed by atoms with Crippen molar-refractivity contribution in [3.63, 3.8) is 0 Å². The van der Waals surface area contributed by atoms with Crippen LogP contribution in [0, 0.1) is 5.82 Å². The topological polar surface area (TPSA) is 55.1 Å². The smallest absolute Gasteiger partial charge is 0.256 e. The van der Waals surface area contributed by atoms with E-state index in [1.165, 1.54) is 12.1 Å². The Morgan fingerprint density at radius 1 is 0.875 bits per heavy atom. The molecule has 0 atom stereocenters. The second-order valence-corrected chi connectivity index (χ2v) is 7.59. The fourth-order valence-corrected chi connectivity index (χ4v) is 3.76. The summed E-state index contributed by atoms with van der Waals surface area (Å²) < 4.78 is 19.6. The van der Waals surface area contributed by atoms with Crippen LogP contribution in [-0.4, -0.2) is 10.9 Å². The summed E-state index contributed by atoms with van der Waals surface area (Å²) in [5.74, 6) is 0.316. The summed E-state index contributed by atoms with van der Waals surface area (Å²) in [6, 6.07) is 25.8. The summed E-state index contributed by atoms with van der Waals surface area (Å²) in [7, 11) is 0. The van der Waals surface area contributed by atoms with E-state index in [1.54, 1.807) is 30.3 Å². The number of hydrogen-bond acceptors (Lipinski definition) is 3. The Kier molecular flexibility index (Phi) is 5.17. The van der Waals surface area contributed by atoms with E-state index < -0.39 is 5.82 Å². The van der Waals surface area contributed by atoms with Crippen LogP contribution in [0.5, 0.6) is 0 Å². The highest BCUT2D eigenvalue weighted by molar-refractivity contribution is 6.33. The molecule has 2 aromatic heterocycles. The number of hydrogen-bond donors (Lipinski definition) is 1. The van der Waals surface area contributed by atoms with Gasteiger partial charge < -0.3 is 9.73 Å². The number of nitrogens with one attached hydrogen (secondary N) is 1. The molecule has 0 aliphatic carbocycles. The molecule has 0 bridgehead atoms. The Labute approximate surface area is 188 Å². The molecule has 4 nitrogen and oxygen atoms in total. The second kappa shape index (κ2) is 8.29. The molecule has 6 heteroatoms. The molecule has 0 spiro atoms. The van der Waals surface area contributed by atoms with Gasteiger partial charge in [-0.1, -0.05) is 48.0 Å². The minimum Gasteiger partial charge on any atom is -0.454 e. The number of anilines is 1. The number of carbonyl (C=O) groups excluding carboxylic acids is 1. The summed E-state index contributed by atoms with van der Waals surface area (Å²) in [5, 5.41) is 4.02. The van der Waals surface area contributed by atoms with Crippen molar-refractivity contribution in [3.05, 3.63) is 107 Å². The lowest BCUT2D eigenvalue weighted by atomic mass is 10.1. The number of aromatic nitrogens is 1. The van der Waals surface area contributed by atoms with Gasteiger partial charge in [-0.05, 0) is 54.6 Å². The number of benzene rings is 3. The molecular formula is C26H16ClFN2O2. The maximum Gasteiger partial charge on any atom is 0.256 e. The van der Waals surface area contributed by atoms with Gasteiger partial charge in [-0.25, -0.2) is 9.37 Å². The van der Waals surface area contributed by atoms with Crippen molar-refractivity contribution in [1.82, 2.24) is 4.98 Å². The van der Waals surface area contributed by atoms with Crippen LogP contribution < -0.4 is 5.32 Å².